The molecule has 0 fully saturated rings. The molecular formula is C17H19NO2. The van der Waals surface area contributed by atoms with E-state index in [1.807, 2.05) is 30.3 Å². The Bertz CT molecular complexity index is 624. The smallest absolute Gasteiger partial charge is 0.161 e. The van der Waals surface area contributed by atoms with Gasteiger partial charge in [0, 0.05) is 0 Å². The summed E-state index contributed by atoms with van der Waals surface area (Å²) >= 11 is 0. The molecule has 0 aromatic heterocycles. The van der Waals surface area contributed by atoms with Gasteiger partial charge in [0.2, 0.25) is 0 Å². The monoisotopic (exact) mass is 269 g/mol. The number of aryl methyl sites for hydroxylation is 1. The second-order valence-corrected chi connectivity index (χ2v) is 5.23. The maximum absolute atomic E-state index is 6.39. The van der Waals surface area contributed by atoms with Gasteiger partial charge in [0.15, 0.2) is 17.6 Å². The maximum Gasteiger partial charge on any atom is 0.161 e. The van der Waals surface area contributed by atoms with E-state index in [4.69, 9.17) is 15.2 Å². The molecule has 2 aromatic carbocycles. The molecule has 0 radical (unpaired) electrons. The molecule has 3 nitrogen and oxygen atoms in total. The largest absolute Gasteiger partial charge is 0.486 e. The van der Waals surface area contributed by atoms with Crippen LogP contribution in [0.4, 0.5) is 0 Å². The molecule has 104 valence electrons. The van der Waals surface area contributed by atoms with Crippen LogP contribution in [0.3, 0.4) is 0 Å². The summed E-state index contributed by atoms with van der Waals surface area (Å²) in [4.78, 5) is 0. The molecule has 2 aromatic rings. The fourth-order valence-electron chi connectivity index (χ4n) is 2.55. The zero-order valence-electron chi connectivity index (χ0n) is 11.8. The minimum absolute atomic E-state index is 0.162. The molecule has 0 saturated carbocycles. The minimum Gasteiger partial charge on any atom is -0.486 e. The molecule has 0 spiro atoms. The summed E-state index contributed by atoms with van der Waals surface area (Å²) in [6.45, 7) is 4.67. The van der Waals surface area contributed by atoms with Crippen LogP contribution in [-0.2, 0) is 0 Å². The van der Waals surface area contributed by atoms with E-state index in [0.717, 1.165) is 17.1 Å². The third-order valence-electron chi connectivity index (χ3n) is 3.94. The first kappa shape index (κ1) is 13.0. The lowest BCUT2D eigenvalue weighted by Gasteiger charge is -2.31. The third kappa shape index (κ3) is 2.25. The van der Waals surface area contributed by atoms with Crippen molar-refractivity contribution in [1.82, 2.24) is 0 Å². The third-order valence-corrected chi connectivity index (χ3v) is 3.94. The van der Waals surface area contributed by atoms with Crippen molar-refractivity contribution in [3.05, 3.63) is 59.2 Å². The molecule has 2 atom stereocenters. The van der Waals surface area contributed by atoms with Gasteiger partial charge < -0.3 is 15.2 Å². The summed E-state index contributed by atoms with van der Waals surface area (Å²) in [7, 11) is 0. The van der Waals surface area contributed by atoms with Gasteiger partial charge in [-0.25, -0.2) is 0 Å². The first-order valence-corrected chi connectivity index (χ1v) is 6.87. The van der Waals surface area contributed by atoms with Gasteiger partial charge in [-0.05, 0) is 42.7 Å². The second kappa shape index (κ2) is 5.17. The molecule has 0 bridgehead atoms. The Morgan fingerprint density at radius 3 is 2.60 bits per heavy atom. The molecule has 20 heavy (non-hydrogen) atoms. The van der Waals surface area contributed by atoms with Gasteiger partial charge in [0.1, 0.15) is 6.61 Å². The van der Waals surface area contributed by atoms with E-state index in [9.17, 15) is 0 Å². The molecule has 3 heteroatoms. The number of fused-ring (bicyclic) bond motifs is 1. The van der Waals surface area contributed by atoms with Crippen molar-refractivity contribution in [2.24, 2.45) is 5.73 Å². The summed E-state index contributed by atoms with van der Waals surface area (Å²) in [5.41, 5.74) is 9.98. The van der Waals surface area contributed by atoms with E-state index in [0.29, 0.717) is 6.61 Å². The molecule has 2 unspecified atom stereocenters. The van der Waals surface area contributed by atoms with Crippen molar-refractivity contribution >= 4 is 0 Å². The number of rotatable bonds is 2. The standard InChI is InChI=1S/C17H19NO2/c1-11-6-5-7-13(12(11)2)17(18)16-10-19-14-8-3-4-9-15(14)20-16/h3-9,16-17H,10,18H2,1-2H3. The molecular weight excluding hydrogens is 250 g/mol. The Kier molecular flexibility index (Phi) is 3.36. The van der Waals surface area contributed by atoms with Crippen molar-refractivity contribution in [2.75, 3.05) is 6.61 Å². The average molecular weight is 269 g/mol. The first-order valence-electron chi connectivity index (χ1n) is 6.87. The normalized spacial score (nSPS) is 18.6. The van der Waals surface area contributed by atoms with Crippen LogP contribution < -0.4 is 15.2 Å². The van der Waals surface area contributed by atoms with Crippen LogP contribution in [0.5, 0.6) is 11.5 Å². The van der Waals surface area contributed by atoms with Crippen molar-refractivity contribution < 1.29 is 9.47 Å². The first-order chi connectivity index (χ1) is 9.66. The van der Waals surface area contributed by atoms with E-state index in [1.165, 1.54) is 11.1 Å². The fourth-order valence-corrected chi connectivity index (χ4v) is 2.55. The quantitative estimate of drug-likeness (QED) is 0.911. The lowest BCUT2D eigenvalue weighted by molar-refractivity contribution is 0.0720. The molecule has 0 saturated heterocycles. The number of hydrogen-bond donors (Lipinski definition) is 1. The van der Waals surface area contributed by atoms with Gasteiger partial charge in [0.25, 0.3) is 0 Å². The van der Waals surface area contributed by atoms with Crippen molar-refractivity contribution in [3.8, 4) is 11.5 Å². The number of hydrogen-bond acceptors (Lipinski definition) is 3. The highest BCUT2D eigenvalue weighted by Crippen LogP contribution is 2.34. The van der Waals surface area contributed by atoms with Crippen LogP contribution in [0.2, 0.25) is 0 Å². The molecule has 1 aliphatic rings. The summed E-state index contributed by atoms with van der Waals surface area (Å²) in [5, 5.41) is 0. The fraction of sp³-hybridized carbons (Fsp3) is 0.294. The van der Waals surface area contributed by atoms with Crippen LogP contribution in [0.1, 0.15) is 22.7 Å². The Balaban J connectivity index is 1.86. The Hall–Kier alpha value is -2.00. The minimum atomic E-state index is -0.191. The van der Waals surface area contributed by atoms with E-state index >= 15 is 0 Å². The predicted molar refractivity (Wildman–Crippen MR) is 79.2 cm³/mol. The van der Waals surface area contributed by atoms with Crippen LogP contribution in [0, 0.1) is 13.8 Å². The van der Waals surface area contributed by atoms with E-state index in [-0.39, 0.29) is 12.1 Å². The lowest BCUT2D eigenvalue weighted by atomic mass is 9.94. The predicted octanol–water partition coefficient (Wildman–Crippen LogP) is 3.14. The highest BCUT2D eigenvalue weighted by Gasteiger charge is 2.28. The maximum atomic E-state index is 6.39. The van der Waals surface area contributed by atoms with Crippen LogP contribution >= 0.6 is 0 Å². The SMILES string of the molecule is Cc1cccc(C(N)C2COc3ccccc3O2)c1C. The Labute approximate surface area is 119 Å². The molecule has 3 rings (SSSR count). The van der Waals surface area contributed by atoms with Gasteiger partial charge in [-0.2, -0.15) is 0 Å². The number of para-hydroxylation sites is 2. The molecule has 1 heterocycles. The molecule has 2 N–H and O–H groups in total. The second-order valence-electron chi connectivity index (χ2n) is 5.23. The zero-order valence-corrected chi connectivity index (χ0v) is 11.8. The lowest BCUT2D eigenvalue weighted by Crippen LogP contribution is -2.39. The van der Waals surface area contributed by atoms with E-state index in [2.05, 4.69) is 26.0 Å². The number of nitrogens with two attached hydrogens (primary N) is 1. The van der Waals surface area contributed by atoms with Gasteiger partial charge in [0.05, 0.1) is 6.04 Å². The van der Waals surface area contributed by atoms with Crippen LogP contribution in [0.15, 0.2) is 42.5 Å². The number of benzene rings is 2. The average Bonchev–Trinajstić information content (AvgIpc) is 2.49. The number of ether oxygens (including phenoxy) is 2. The Morgan fingerprint density at radius 1 is 1.05 bits per heavy atom. The van der Waals surface area contributed by atoms with Crippen LogP contribution in [0.25, 0.3) is 0 Å². The topological polar surface area (TPSA) is 44.5 Å². The summed E-state index contributed by atoms with van der Waals surface area (Å²) < 4.78 is 11.7. The molecule has 1 aliphatic heterocycles. The zero-order chi connectivity index (χ0) is 14.1. The van der Waals surface area contributed by atoms with Gasteiger partial charge in [-0.3, -0.25) is 0 Å². The van der Waals surface area contributed by atoms with Crippen molar-refractivity contribution in [1.29, 1.82) is 0 Å². The van der Waals surface area contributed by atoms with Gasteiger partial charge >= 0.3 is 0 Å². The van der Waals surface area contributed by atoms with Gasteiger partial charge in [-0.1, -0.05) is 30.3 Å². The van der Waals surface area contributed by atoms with Crippen molar-refractivity contribution in [2.45, 2.75) is 26.0 Å². The van der Waals surface area contributed by atoms with Crippen LogP contribution in [-0.4, -0.2) is 12.7 Å². The highest BCUT2D eigenvalue weighted by atomic mass is 16.6. The van der Waals surface area contributed by atoms with Crippen molar-refractivity contribution in [3.63, 3.8) is 0 Å². The Morgan fingerprint density at radius 2 is 1.80 bits per heavy atom. The van der Waals surface area contributed by atoms with E-state index in [1.54, 1.807) is 0 Å². The molecule has 0 amide bonds. The summed E-state index contributed by atoms with van der Waals surface area (Å²) in [5.74, 6) is 1.56. The summed E-state index contributed by atoms with van der Waals surface area (Å²) in [6, 6.07) is 13.7. The van der Waals surface area contributed by atoms with E-state index < -0.39 is 0 Å². The van der Waals surface area contributed by atoms with Gasteiger partial charge in [-0.15, -0.1) is 0 Å². The highest BCUT2D eigenvalue weighted by molar-refractivity contribution is 5.42. The molecule has 0 aliphatic carbocycles. The summed E-state index contributed by atoms with van der Waals surface area (Å²) in [6.07, 6.45) is -0.162.